The average Bonchev–Trinajstić information content (AvgIpc) is 2.27. The minimum absolute atomic E-state index is 0.0841. The van der Waals surface area contributed by atoms with Crippen LogP contribution >= 0.6 is 12.2 Å². The van der Waals surface area contributed by atoms with Gasteiger partial charge in [-0.1, -0.05) is 24.4 Å². The molecule has 1 aromatic rings. The van der Waals surface area contributed by atoms with Crippen LogP contribution in [0.3, 0.4) is 0 Å². The van der Waals surface area contributed by atoms with Gasteiger partial charge in [-0.15, -0.1) is 0 Å². The first-order valence-electron chi connectivity index (χ1n) is 5.10. The van der Waals surface area contributed by atoms with E-state index in [9.17, 15) is 8.42 Å². The quantitative estimate of drug-likeness (QED) is 0.798. The molecule has 0 atom stereocenters. The number of hydrogen-bond donors (Lipinski definition) is 1. The zero-order valence-electron chi connectivity index (χ0n) is 9.88. The Labute approximate surface area is 107 Å². The summed E-state index contributed by atoms with van der Waals surface area (Å²) in [5.41, 5.74) is 6.05. The van der Waals surface area contributed by atoms with Gasteiger partial charge >= 0.3 is 0 Å². The number of sulfone groups is 1. The van der Waals surface area contributed by atoms with Gasteiger partial charge < -0.3 is 10.6 Å². The molecule has 0 spiro atoms. The maximum atomic E-state index is 12.0. The number of rotatable bonds is 5. The Morgan fingerprint density at radius 2 is 2.06 bits per heavy atom. The van der Waals surface area contributed by atoms with Crippen LogP contribution in [-0.2, 0) is 9.84 Å². The Bertz CT molecular complexity index is 510. The largest absolute Gasteiger partial charge is 0.389 e. The molecule has 1 rings (SSSR count). The Kier molecular flexibility index (Phi) is 4.62. The van der Waals surface area contributed by atoms with Gasteiger partial charge in [0.1, 0.15) is 4.99 Å². The molecule has 6 heteroatoms. The van der Waals surface area contributed by atoms with Gasteiger partial charge in [-0.2, -0.15) is 0 Å². The molecule has 2 N–H and O–H groups in total. The van der Waals surface area contributed by atoms with Gasteiger partial charge in [-0.05, 0) is 26.2 Å². The zero-order chi connectivity index (χ0) is 13.1. The first-order valence-corrected chi connectivity index (χ1v) is 7.16. The highest BCUT2D eigenvalue weighted by Crippen LogP contribution is 2.13. The van der Waals surface area contributed by atoms with Crippen molar-refractivity contribution in [3.63, 3.8) is 0 Å². The van der Waals surface area contributed by atoms with E-state index in [1.54, 1.807) is 18.2 Å². The Morgan fingerprint density at radius 1 is 1.41 bits per heavy atom. The fraction of sp³-hybridized carbons (Fsp3) is 0.364. The number of nitrogens with two attached hydrogens (primary N) is 1. The third-order valence-corrected chi connectivity index (χ3v) is 4.21. The van der Waals surface area contributed by atoms with Crippen molar-refractivity contribution < 1.29 is 8.42 Å². The van der Waals surface area contributed by atoms with E-state index in [1.165, 1.54) is 6.07 Å². The second-order valence-corrected chi connectivity index (χ2v) is 6.56. The first-order chi connectivity index (χ1) is 7.83. The molecule has 0 aromatic heterocycles. The van der Waals surface area contributed by atoms with E-state index in [1.807, 2.05) is 19.0 Å². The SMILES string of the molecule is CN(C)CCS(=O)(=O)c1cccc(C(N)=S)c1. The number of thiocarbonyl (C=S) groups is 1. The van der Waals surface area contributed by atoms with Crippen molar-refractivity contribution >= 4 is 27.0 Å². The summed E-state index contributed by atoms with van der Waals surface area (Å²) in [6.07, 6.45) is 0. The normalized spacial score (nSPS) is 11.7. The average molecular weight is 272 g/mol. The third-order valence-electron chi connectivity index (χ3n) is 2.28. The molecule has 94 valence electrons. The summed E-state index contributed by atoms with van der Waals surface area (Å²) >= 11 is 4.83. The van der Waals surface area contributed by atoms with Gasteiger partial charge in [-0.3, -0.25) is 0 Å². The molecule has 0 heterocycles. The lowest BCUT2D eigenvalue weighted by molar-refractivity contribution is 0.432. The van der Waals surface area contributed by atoms with Crippen LogP contribution in [0, 0.1) is 0 Å². The molecule has 0 unspecified atom stereocenters. The van der Waals surface area contributed by atoms with Crippen molar-refractivity contribution in [1.82, 2.24) is 4.90 Å². The molecular formula is C11H16N2O2S2. The van der Waals surface area contributed by atoms with Crippen LogP contribution in [0.1, 0.15) is 5.56 Å². The highest BCUT2D eigenvalue weighted by molar-refractivity contribution is 7.91. The molecule has 1 aromatic carbocycles. The van der Waals surface area contributed by atoms with Gasteiger partial charge in [0, 0.05) is 12.1 Å². The van der Waals surface area contributed by atoms with Crippen LogP contribution in [-0.4, -0.2) is 44.7 Å². The molecule has 17 heavy (non-hydrogen) atoms. The molecule has 0 saturated carbocycles. The molecule has 0 aliphatic heterocycles. The second kappa shape index (κ2) is 5.57. The zero-order valence-corrected chi connectivity index (χ0v) is 11.5. The fourth-order valence-electron chi connectivity index (χ4n) is 1.26. The van der Waals surface area contributed by atoms with Crippen LogP contribution in [0.2, 0.25) is 0 Å². The van der Waals surface area contributed by atoms with E-state index in [0.29, 0.717) is 12.1 Å². The summed E-state index contributed by atoms with van der Waals surface area (Å²) in [6, 6.07) is 6.43. The van der Waals surface area contributed by atoms with Gasteiger partial charge in [0.25, 0.3) is 0 Å². The summed E-state index contributed by atoms with van der Waals surface area (Å²) in [4.78, 5) is 2.30. The first kappa shape index (κ1) is 14.1. The topological polar surface area (TPSA) is 63.4 Å². The van der Waals surface area contributed by atoms with E-state index in [4.69, 9.17) is 18.0 Å². The van der Waals surface area contributed by atoms with E-state index in [2.05, 4.69) is 0 Å². The van der Waals surface area contributed by atoms with E-state index in [-0.39, 0.29) is 15.6 Å². The minimum Gasteiger partial charge on any atom is -0.389 e. The van der Waals surface area contributed by atoms with Gasteiger partial charge in [0.05, 0.1) is 10.6 Å². The highest BCUT2D eigenvalue weighted by atomic mass is 32.2. The molecule has 0 fully saturated rings. The lowest BCUT2D eigenvalue weighted by Crippen LogP contribution is -2.22. The van der Waals surface area contributed by atoms with Crippen molar-refractivity contribution in [1.29, 1.82) is 0 Å². The lowest BCUT2D eigenvalue weighted by Gasteiger charge is -2.10. The Balaban J connectivity index is 2.99. The van der Waals surface area contributed by atoms with Crippen LogP contribution in [0.4, 0.5) is 0 Å². The number of nitrogens with zero attached hydrogens (tertiary/aromatic N) is 1. The van der Waals surface area contributed by atoms with E-state index < -0.39 is 9.84 Å². The molecule has 0 radical (unpaired) electrons. The smallest absolute Gasteiger partial charge is 0.179 e. The van der Waals surface area contributed by atoms with Crippen LogP contribution in [0.15, 0.2) is 29.2 Å². The van der Waals surface area contributed by atoms with Crippen molar-refractivity contribution in [3.05, 3.63) is 29.8 Å². The molecule has 0 saturated heterocycles. The fourth-order valence-corrected chi connectivity index (χ4v) is 2.82. The third kappa shape index (κ3) is 4.07. The molecule has 0 bridgehead atoms. The molecular weight excluding hydrogens is 256 g/mol. The molecule has 0 aliphatic rings. The predicted octanol–water partition coefficient (Wildman–Crippen LogP) is 0.656. The summed E-state index contributed by atoms with van der Waals surface area (Å²) in [5.74, 6) is 0.0841. The predicted molar refractivity (Wildman–Crippen MR) is 72.9 cm³/mol. The number of hydrogen-bond acceptors (Lipinski definition) is 4. The summed E-state index contributed by atoms with van der Waals surface area (Å²) in [6.45, 7) is 0.486. The Hall–Kier alpha value is -0.980. The monoisotopic (exact) mass is 272 g/mol. The second-order valence-electron chi connectivity index (χ2n) is 4.01. The maximum absolute atomic E-state index is 12.0. The van der Waals surface area contributed by atoms with Crippen molar-refractivity contribution in [2.45, 2.75) is 4.90 Å². The molecule has 0 amide bonds. The standard InChI is InChI=1S/C11H16N2O2S2/c1-13(2)6-7-17(14,15)10-5-3-4-9(8-10)11(12)16/h3-5,8H,6-7H2,1-2H3,(H2,12,16). The maximum Gasteiger partial charge on any atom is 0.179 e. The summed E-state index contributed by atoms with van der Waals surface area (Å²) in [7, 11) is 0.400. The molecule has 0 aliphatic carbocycles. The van der Waals surface area contributed by atoms with Crippen molar-refractivity contribution in [3.8, 4) is 0 Å². The summed E-state index contributed by atoms with van der Waals surface area (Å²) < 4.78 is 24.0. The number of benzene rings is 1. The minimum atomic E-state index is -3.27. The van der Waals surface area contributed by atoms with Gasteiger partial charge in [0.15, 0.2) is 9.84 Å². The van der Waals surface area contributed by atoms with Crippen LogP contribution < -0.4 is 5.73 Å². The van der Waals surface area contributed by atoms with Crippen molar-refractivity contribution in [2.75, 3.05) is 26.4 Å². The van der Waals surface area contributed by atoms with E-state index >= 15 is 0 Å². The van der Waals surface area contributed by atoms with Gasteiger partial charge in [-0.25, -0.2) is 8.42 Å². The summed E-state index contributed by atoms with van der Waals surface area (Å²) in [5, 5.41) is 0. The van der Waals surface area contributed by atoms with Crippen LogP contribution in [0.5, 0.6) is 0 Å². The van der Waals surface area contributed by atoms with Crippen LogP contribution in [0.25, 0.3) is 0 Å². The van der Waals surface area contributed by atoms with Crippen molar-refractivity contribution in [2.24, 2.45) is 5.73 Å². The Morgan fingerprint density at radius 3 is 2.59 bits per heavy atom. The van der Waals surface area contributed by atoms with Gasteiger partial charge in [0.2, 0.25) is 0 Å². The lowest BCUT2D eigenvalue weighted by atomic mass is 10.2. The highest BCUT2D eigenvalue weighted by Gasteiger charge is 2.15. The molecule has 4 nitrogen and oxygen atoms in total. The van der Waals surface area contributed by atoms with E-state index in [0.717, 1.165) is 0 Å².